The van der Waals surface area contributed by atoms with Crippen molar-refractivity contribution in [1.29, 1.82) is 0 Å². The lowest BCUT2D eigenvalue weighted by molar-refractivity contribution is 1.44. The number of amidine groups is 1. The van der Waals surface area contributed by atoms with Crippen LogP contribution < -0.4 is 0 Å². The van der Waals surface area contributed by atoms with Crippen LogP contribution in [-0.2, 0) is 0 Å². The molecule has 2 aliphatic rings. The zero-order chi connectivity index (χ0) is 46.0. The Balaban J connectivity index is 0.981. The van der Waals surface area contributed by atoms with E-state index in [2.05, 4.69) is 231 Å². The minimum absolute atomic E-state index is 0.599. The molecule has 0 aromatic heterocycles. The third-order valence-electron chi connectivity index (χ3n) is 14.2. The molecule has 0 saturated carbocycles. The van der Waals surface area contributed by atoms with Crippen LogP contribution in [0.3, 0.4) is 0 Å². The van der Waals surface area contributed by atoms with Crippen LogP contribution in [0.2, 0.25) is 0 Å². The number of rotatable bonds is 8. The summed E-state index contributed by atoms with van der Waals surface area (Å²) in [6, 6.07) is 85.3. The van der Waals surface area contributed by atoms with Gasteiger partial charge in [0.15, 0.2) is 5.84 Å². The highest BCUT2D eigenvalue weighted by atomic mass is 14.9. The first-order valence-corrected chi connectivity index (χ1v) is 23.7. The molecule has 0 atom stereocenters. The highest BCUT2D eigenvalue weighted by Crippen LogP contribution is 2.51. The summed E-state index contributed by atoms with van der Waals surface area (Å²) >= 11 is 0. The Bertz CT molecular complexity index is 3720. The predicted octanol–water partition coefficient (Wildman–Crippen LogP) is 17.9. The lowest BCUT2D eigenvalue weighted by atomic mass is 9.89. The summed E-state index contributed by atoms with van der Waals surface area (Å²) in [6.45, 7) is 6.81. The lowest BCUT2D eigenvalue weighted by Gasteiger charge is -2.16. The van der Waals surface area contributed by atoms with Gasteiger partial charge >= 0.3 is 0 Å². The van der Waals surface area contributed by atoms with Crippen molar-refractivity contribution in [3.63, 3.8) is 0 Å². The topological polar surface area (TPSA) is 24.7 Å². The number of hydrogen-bond acceptors (Lipinski definition) is 1. The molecule has 322 valence electrons. The Hall–Kier alpha value is -8.98. The van der Waals surface area contributed by atoms with Crippen molar-refractivity contribution in [3.05, 3.63) is 260 Å². The van der Waals surface area contributed by atoms with Crippen LogP contribution in [0.15, 0.2) is 253 Å². The van der Waals surface area contributed by atoms with E-state index in [0.717, 1.165) is 50.2 Å². The van der Waals surface area contributed by atoms with E-state index >= 15 is 0 Å². The normalized spacial score (nSPS) is 12.4. The van der Waals surface area contributed by atoms with Gasteiger partial charge in [0.2, 0.25) is 0 Å². The van der Waals surface area contributed by atoms with E-state index in [9.17, 15) is 0 Å². The molecule has 0 bridgehead atoms. The molecule has 11 aromatic carbocycles. The van der Waals surface area contributed by atoms with Gasteiger partial charge in [0.25, 0.3) is 0 Å². The van der Waals surface area contributed by atoms with Crippen LogP contribution >= 0.6 is 0 Å². The van der Waals surface area contributed by atoms with Crippen LogP contribution in [0.1, 0.15) is 23.6 Å². The number of nitrogens with zero attached hydrogens (tertiary/aromatic N) is 2. The molecule has 2 aliphatic carbocycles. The van der Waals surface area contributed by atoms with Crippen LogP contribution in [0.25, 0.3) is 116 Å². The Morgan fingerprint density at radius 2 is 0.667 bits per heavy atom. The molecule has 2 heteroatoms. The maximum absolute atomic E-state index is 5.41. The second kappa shape index (κ2) is 16.4. The lowest BCUT2D eigenvalue weighted by Crippen LogP contribution is -2.04. The van der Waals surface area contributed by atoms with Crippen molar-refractivity contribution in [3.8, 4) is 89.0 Å². The molecule has 2 nitrogen and oxygen atoms in total. The standard InChI is InChI=1S/C67H44N2/c1-42(44-27-29-47(30-28-44)45-15-5-3-6-16-45)68-67(49-33-31-48(32-34-49)46-17-7-4-8-18-46)69-43(2)50-39-51(53-35-37-63-57-21-11-9-19-55(57)61-25-13-23-59(53)65(61)63)41-52(40-50)54-36-38-64-58-22-12-10-20-56(58)62-26-14-24-60(54)66(62)64/h3-41H,2H2,1H3/b68-42+,69-67-. The van der Waals surface area contributed by atoms with Crippen molar-refractivity contribution >= 4 is 38.8 Å². The molecule has 11 aromatic rings. The predicted molar refractivity (Wildman–Crippen MR) is 293 cm³/mol. The minimum atomic E-state index is 0.599. The van der Waals surface area contributed by atoms with Crippen molar-refractivity contribution in [1.82, 2.24) is 0 Å². The Kier molecular flexibility index (Phi) is 9.59. The number of hydrogen-bond donors (Lipinski definition) is 0. The second-order valence-corrected chi connectivity index (χ2v) is 18.1. The number of aliphatic imine (C=N–C) groups is 2. The summed E-state index contributed by atoms with van der Waals surface area (Å²) in [4.78, 5) is 10.7. The average Bonchev–Trinajstić information content (AvgIpc) is 3.93. The van der Waals surface area contributed by atoms with Crippen LogP contribution in [-0.4, -0.2) is 11.5 Å². The SMILES string of the molecule is C=C(/N=C(\N=C(/C)c1ccc(-c2ccccc2)cc1)c1ccc(-c2ccccc2)cc1)c1cc(-c2ccc3c4c(cccc24)-c2ccccc2-3)cc(-c2ccc3c4c(cccc24)-c2ccccc2-3)c1. The van der Waals surface area contributed by atoms with E-state index in [4.69, 9.17) is 16.6 Å². The fourth-order valence-corrected chi connectivity index (χ4v) is 10.8. The molecule has 0 aliphatic heterocycles. The van der Waals surface area contributed by atoms with E-state index in [1.807, 2.05) is 12.1 Å². The van der Waals surface area contributed by atoms with Gasteiger partial charge in [0.1, 0.15) is 0 Å². The zero-order valence-corrected chi connectivity index (χ0v) is 38.1. The molecule has 0 saturated heterocycles. The first kappa shape index (κ1) is 40.3. The third kappa shape index (κ3) is 6.88. The van der Waals surface area contributed by atoms with Crippen molar-refractivity contribution < 1.29 is 0 Å². The van der Waals surface area contributed by atoms with Crippen LogP contribution in [0.5, 0.6) is 0 Å². The summed E-state index contributed by atoms with van der Waals surface area (Å²) in [7, 11) is 0. The van der Waals surface area contributed by atoms with E-state index in [-0.39, 0.29) is 0 Å². The average molecular weight is 877 g/mol. The largest absolute Gasteiger partial charge is 0.233 e. The molecular formula is C67H44N2. The summed E-state index contributed by atoms with van der Waals surface area (Å²) < 4.78 is 0. The van der Waals surface area contributed by atoms with Gasteiger partial charge in [-0.2, -0.15) is 0 Å². The first-order valence-electron chi connectivity index (χ1n) is 23.7. The highest BCUT2D eigenvalue weighted by Gasteiger charge is 2.25. The third-order valence-corrected chi connectivity index (χ3v) is 14.2. The fraction of sp³-hybridized carbons (Fsp3) is 0.0149. The van der Waals surface area contributed by atoms with Gasteiger partial charge in [0, 0.05) is 16.8 Å². The first-order chi connectivity index (χ1) is 34.0. The van der Waals surface area contributed by atoms with Gasteiger partial charge < -0.3 is 0 Å². The highest BCUT2D eigenvalue weighted by molar-refractivity contribution is 6.21. The zero-order valence-electron chi connectivity index (χ0n) is 38.1. The summed E-state index contributed by atoms with van der Waals surface area (Å²) in [5.74, 6) is 0.599. The Labute approximate surface area is 402 Å². The number of benzene rings is 11. The van der Waals surface area contributed by atoms with E-state index in [1.165, 1.54) is 82.7 Å². The van der Waals surface area contributed by atoms with Gasteiger partial charge in [-0.15, -0.1) is 0 Å². The molecule has 0 amide bonds. The van der Waals surface area contributed by atoms with Gasteiger partial charge in [-0.25, -0.2) is 9.98 Å². The monoisotopic (exact) mass is 876 g/mol. The molecule has 0 heterocycles. The Morgan fingerprint density at radius 1 is 0.290 bits per heavy atom. The second-order valence-electron chi connectivity index (χ2n) is 18.1. The van der Waals surface area contributed by atoms with Crippen LogP contribution in [0, 0.1) is 0 Å². The maximum Gasteiger partial charge on any atom is 0.160 e. The van der Waals surface area contributed by atoms with E-state index < -0.39 is 0 Å². The molecule has 69 heavy (non-hydrogen) atoms. The van der Waals surface area contributed by atoms with Crippen molar-refractivity contribution in [2.45, 2.75) is 6.92 Å². The molecule has 0 spiro atoms. The Morgan fingerprint density at radius 3 is 1.13 bits per heavy atom. The van der Waals surface area contributed by atoms with E-state index in [0.29, 0.717) is 11.5 Å². The maximum atomic E-state index is 5.41. The fourth-order valence-electron chi connectivity index (χ4n) is 10.8. The van der Waals surface area contributed by atoms with Crippen molar-refractivity contribution in [2.75, 3.05) is 0 Å². The van der Waals surface area contributed by atoms with E-state index in [1.54, 1.807) is 0 Å². The molecule has 0 unspecified atom stereocenters. The number of fused-ring (bicyclic) bond motifs is 6. The summed E-state index contributed by atoms with van der Waals surface area (Å²) in [5.41, 5.74) is 23.8. The van der Waals surface area contributed by atoms with Gasteiger partial charge in [-0.1, -0.05) is 225 Å². The molecule has 0 N–H and O–H groups in total. The smallest absolute Gasteiger partial charge is 0.160 e. The molecule has 0 fully saturated rings. The minimum Gasteiger partial charge on any atom is -0.233 e. The van der Waals surface area contributed by atoms with Gasteiger partial charge in [0.05, 0.1) is 5.70 Å². The quantitative estimate of drug-likeness (QED) is 0.107. The van der Waals surface area contributed by atoms with Gasteiger partial charge in [-0.3, -0.25) is 0 Å². The van der Waals surface area contributed by atoms with Crippen LogP contribution in [0.4, 0.5) is 0 Å². The molecule has 13 rings (SSSR count). The summed E-state index contributed by atoms with van der Waals surface area (Å²) in [5, 5.41) is 5.05. The molecular weight excluding hydrogens is 833 g/mol. The van der Waals surface area contributed by atoms with Crippen molar-refractivity contribution in [2.24, 2.45) is 9.98 Å². The summed E-state index contributed by atoms with van der Waals surface area (Å²) in [6.07, 6.45) is 0. The molecule has 0 radical (unpaired) electrons. The van der Waals surface area contributed by atoms with Gasteiger partial charge in [-0.05, 0) is 141 Å².